The highest BCUT2D eigenvalue weighted by Crippen LogP contribution is 2.32. The minimum absolute atomic E-state index is 0.166. The maximum Gasteiger partial charge on any atom is 0.321 e. The molecule has 1 aliphatic heterocycles. The van der Waals surface area contributed by atoms with Gasteiger partial charge in [-0.25, -0.2) is 0 Å². The minimum atomic E-state index is -1.43. The van der Waals surface area contributed by atoms with E-state index in [4.69, 9.17) is 40.0 Å². The fourth-order valence-corrected chi connectivity index (χ4v) is 5.02. The van der Waals surface area contributed by atoms with Gasteiger partial charge in [0, 0.05) is 14.7 Å². The van der Waals surface area contributed by atoms with Crippen molar-refractivity contribution in [2.24, 2.45) is 5.41 Å². The molecule has 0 bridgehead atoms. The molecule has 1 saturated heterocycles. The van der Waals surface area contributed by atoms with E-state index >= 15 is 0 Å². The van der Waals surface area contributed by atoms with E-state index in [-0.39, 0.29) is 25.7 Å². The maximum absolute atomic E-state index is 12.7. The normalized spacial score (nSPS) is 22.9. The van der Waals surface area contributed by atoms with Crippen molar-refractivity contribution in [1.82, 2.24) is 0 Å². The third-order valence-corrected chi connectivity index (χ3v) is 8.59. The van der Waals surface area contributed by atoms with Crippen molar-refractivity contribution in [1.29, 1.82) is 0 Å². The molecule has 0 saturated carbocycles. The Morgan fingerprint density at radius 2 is 1.38 bits per heavy atom. The van der Waals surface area contributed by atoms with Gasteiger partial charge in [0.1, 0.15) is 30.8 Å². The van der Waals surface area contributed by atoms with Crippen LogP contribution in [0.15, 0.2) is 60.7 Å². The topological polar surface area (TPSA) is 89.5 Å². The van der Waals surface area contributed by atoms with Crippen molar-refractivity contribution in [3.8, 4) is 0 Å². The van der Waals surface area contributed by atoms with Crippen LogP contribution in [0, 0.1) is 5.41 Å². The van der Waals surface area contributed by atoms with Crippen LogP contribution in [0.2, 0.25) is 25.7 Å². The molecule has 0 aliphatic carbocycles. The van der Waals surface area contributed by atoms with E-state index in [0.29, 0.717) is 6.61 Å². The SMILES string of the molecule is CC(C)(C)C(=O)OC[C@H]1O[C@@H](OCC[Si](C)(C)C)[C@H](OCc2ccccc2)[C@@H](OCc2ccccc2)[C@@H]1OC(=O)CCl. The summed E-state index contributed by atoms with van der Waals surface area (Å²) in [7, 11) is -1.43. The molecular formula is C32H45ClO8Si. The quantitative estimate of drug-likeness (QED) is 0.145. The molecule has 2 aromatic rings. The van der Waals surface area contributed by atoms with Crippen LogP contribution in [0.1, 0.15) is 31.9 Å². The molecule has 0 spiro atoms. The van der Waals surface area contributed by atoms with Crippen molar-refractivity contribution in [3.63, 3.8) is 0 Å². The Morgan fingerprint density at radius 3 is 1.88 bits per heavy atom. The Labute approximate surface area is 255 Å². The van der Waals surface area contributed by atoms with Gasteiger partial charge < -0.3 is 28.4 Å². The predicted octanol–water partition coefficient (Wildman–Crippen LogP) is 5.98. The van der Waals surface area contributed by atoms with Gasteiger partial charge in [-0.1, -0.05) is 80.3 Å². The molecule has 0 amide bonds. The van der Waals surface area contributed by atoms with E-state index in [1.165, 1.54) is 0 Å². The number of benzene rings is 2. The van der Waals surface area contributed by atoms with Crippen molar-refractivity contribution in [2.75, 3.05) is 19.1 Å². The van der Waals surface area contributed by atoms with Crippen molar-refractivity contribution in [2.45, 2.75) is 90.4 Å². The lowest BCUT2D eigenvalue weighted by Crippen LogP contribution is -2.62. The molecule has 232 valence electrons. The molecule has 0 unspecified atom stereocenters. The second-order valence-electron chi connectivity index (χ2n) is 12.7. The summed E-state index contributed by atoms with van der Waals surface area (Å²) in [4.78, 5) is 25.2. The van der Waals surface area contributed by atoms with Gasteiger partial charge in [-0.2, -0.15) is 0 Å². The van der Waals surface area contributed by atoms with Gasteiger partial charge in [0.05, 0.1) is 18.6 Å². The van der Waals surface area contributed by atoms with Gasteiger partial charge in [-0.3, -0.25) is 9.59 Å². The Kier molecular flexibility index (Phi) is 13.0. The lowest BCUT2D eigenvalue weighted by atomic mass is 9.96. The molecule has 1 fully saturated rings. The molecule has 8 nitrogen and oxygen atoms in total. The molecule has 5 atom stereocenters. The number of alkyl halides is 1. The Hall–Kier alpha value is -2.27. The van der Waals surface area contributed by atoms with E-state index in [0.717, 1.165) is 17.2 Å². The number of esters is 2. The van der Waals surface area contributed by atoms with Gasteiger partial charge in [-0.05, 0) is 37.9 Å². The monoisotopic (exact) mass is 620 g/mol. The maximum atomic E-state index is 12.7. The molecular weight excluding hydrogens is 576 g/mol. The van der Waals surface area contributed by atoms with Crippen LogP contribution < -0.4 is 0 Å². The molecule has 3 rings (SSSR count). The second kappa shape index (κ2) is 16.0. The summed E-state index contributed by atoms with van der Waals surface area (Å²) >= 11 is 5.85. The zero-order valence-corrected chi connectivity index (χ0v) is 27.3. The van der Waals surface area contributed by atoms with Crippen LogP contribution in [-0.4, -0.2) is 69.8 Å². The number of carbonyl (C=O) groups is 2. The van der Waals surface area contributed by atoms with Crippen LogP contribution in [0.3, 0.4) is 0 Å². The molecule has 0 N–H and O–H groups in total. The first-order chi connectivity index (χ1) is 19.9. The number of carbonyl (C=O) groups excluding carboxylic acids is 2. The number of ether oxygens (including phenoxy) is 6. The van der Waals surface area contributed by atoms with Crippen molar-refractivity contribution >= 4 is 31.6 Å². The zero-order valence-electron chi connectivity index (χ0n) is 25.5. The average molecular weight is 621 g/mol. The molecule has 0 radical (unpaired) electrons. The fourth-order valence-electron chi connectivity index (χ4n) is 4.23. The van der Waals surface area contributed by atoms with Gasteiger partial charge >= 0.3 is 11.9 Å². The van der Waals surface area contributed by atoms with Crippen LogP contribution in [0.25, 0.3) is 0 Å². The Morgan fingerprint density at radius 1 is 0.833 bits per heavy atom. The van der Waals surface area contributed by atoms with Gasteiger partial charge in [-0.15, -0.1) is 11.6 Å². The molecule has 42 heavy (non-hydrogen) atoms. The van der Waals surface area contributed by atoms with Crippen molar-refractivity contribution < 1.29 is 38.0 Å². The smallest absolute Gasteiger partial charge is 0.321 e. The third-order valence-electron chi connectivity index (χ3n) is 6.66. The predicted molar refractivity (Wildman–Crippen MR) is 164 cm³/mol. The summed E-state index contributed by atoms with van der Waals surface area (Å²) in [5.41, 5.74) is 1.16. The molecule has 0 aromatic heterocycles. The van der Waals surface area contributed by atoms with Crippen LogP contribution in [-0.2, 0) is 51.2 Å². The highest BCUT2D eigenvalue weighted by atomic mass is 35.5. The second-order valence-corrected chi connectivity index (χ2v) is 18.6. The average Bonchev–Trinajstić information content (AvgIpc) is 2.94. The molecule has 1 aliphatic rings. The minimum Gasteiger partial charge on any atom is -0.462 e. The van der Waals surface area contributed by atoms with Crippen LogP contribution in [0.5, 0.6) is 0 Å². The molecule has 1 heterocycles. The number of halogens is 1. The fraction of sp³-hybridized carbons (Fsp3) is 0.562. The number of rotatable bonds is 14. The summed E-state index contributed by atoms with van der Waals surface area (Å²) < 4.78 is 37.1. The van der Waals surface area contributed by atoms with Gasteiger partial charge in [0.15, 0.2) is 12.4 Å². The molecule has 2 aromatic carbocycles. The number of hydrogen-bond acceptors (Lipinski definition) is 8. The lowest BCUT2D eigenvalue weighted by Gasteiger charge is -2.45. The first-order valence-corrected chi connectivity index (χ1v) is 18.6. The van der Waals surface area contributed by atoms with Crippen LogP contribution in [0.4, 0.5) is 0 Å². The van der Waals surface area contributed by atoms with Crippen molar-refractivity contribution in [3.05, 3.63) is 71.8 Å². The first kappa shape index (κ1) is 34.2. The first-order valence-electron chi connectivity index (χ1n) is 14.4. The lowest BCUT2D eigenvalue weighted by molar-refractivity contribution is -0.320. The summed E-state index contributed by atoms with van der Waals surface area (Å²) in [5.74, 6) is -1.42. The number of hydrogen-bond donors (Lipinski definition) is 0. The van der Waals surface area contributed by atoms with E-state index in [2.05, 4.69) is 19.6 Å². The summed E-state index contributed by atoms with van der Waals surface area (Å²) in [6, 6.07) is 20.3. The standard InChI is InChI=1S/C32H45ClO8Si/c1-32(2,3)31(35)39-22-25-27(41-26(34)19-33)28(37-20-23-13-9-7-10-14-23)29(38-21-24-15-11-8-12-16-24)30(40-25)36-17-18-42(4,5)6/h7-16,25,27-30H,17-22H2,1-6H3/t25-,27-,28+,29-,30-/m1/s1. The van der Waals surface area contributed by atoms with Crippen LogP contribution >= 0.6 is 11.6 Å². The van der Waals surface area contributed by atoms with Gasteiger partial charge in [0.2, 0.25) is 0 Å². The highest BCUT2D eigenvalue weighted by Gasteiger charge is 2.51. The summed E-state index contributed by atoms with van der Waals surface area (Å²) in [6.07, 6.45) is -4.30. The van der Waals surface area contributed by atoms with E-state index < -0.39 is 56.1 Å². The van der Waals surface area contributed by atoms with E-state index in [9.17, 15) is 9.59 Å². The van der Waals surface area contributed by atoms with E-state index in [1.54, 1.807) is 20.8 Å². The Bertz CT molecular complexity index is 1100. The van der Waals surface area contributed by atoms with E-state index in [1.807, 2.05) is 60.7 Å². The molecule has 10 heteroatoms. The Balaban J connectivity index is 1.95. The highest BCUT2D eigenvalue weighted by molar-refractivity contribution is 6.76. The zero-order chi connectivity index (χ0) is 30.8. The summed E-state index contributed by atoms with van der Waals surface area (Å²) in [5, 5.41) is 0. The third kappa shape index (κ3) is 11.1. The van der Waals surface area contributed by atoms with Gasteiger partial charge in [0.25, 0.3) is 0 Å². The summed E-state index contributed by atoms with van der Waals surface area (Å²) in [6.45, 7) is 12.9. The largest absolute Gasteiger partial charge is 0.462 e.